The normalized spacial score (nSPS) is 26.3. The summed E-state index contributed by atoms with van der Waals surface area (Å²) in [4.78, 5) is 54.4. The van der Waals surface area contributed by atoms with Gasteiger partial charge in [-0.2, -0.15) is 0 Å². The van der Waals surface area contributed by atoms with Gasteiger partial charge in [-0.05, 0) is 61.4 Å². The summed E-state index contributed by atoms with van der Waals surface area (Å²) in [5.74, 6) is -1.36. The molecule has 0 bridgehead atoms. The lowest BCUT2D eigenvalue weighted by Crippen LogP contribution is -2.31. The van der Waals surface area contributed by atoms with Crippen molar-refractivity contribution in [3.05, 3.63) is 54.1 Å². The van der Waals surface area contributed by atoms with Crippen molar-refractivity contribution in [3.63, 3.8) is 0 Å². The molecular formula is C28H30N2O5. The fourth-order valence-corrected chi connectivity index (χ4v) is 5.56. The Labute approximate surface area is 205 Å². The van der Waals surface area contributed by atoms with Crippen LogP contribution in [0.1, 0.15) is 45.1 Å². The van der Waals surface area contributed by atoms with E-state index in [2.05, 4.69) is 13.8 Å². The zero-order valence-corrected chi connectivity index (χ0v) is 20.1. The van der Waals surface area contributed by atoms with E-state index in [1.165, 1.54) is 10.5 Å². The smallest absolute Gasteiger partial charge is 0.316 e. The van der Waals surface area contributed by atoms with Crippen LogP contribution in [0.2, 0.25) is 0 Å². The lowest BCUT2D eigenvalue weighted by Gasteiger charge is -2.25. The first-order valence-corrected chi connectivity index (χ1v) is 12.4. The maximum atomic E-state index is 13.0. The maximum Gasteiger partial charge on any atom is 0.316 e. The zero-order chi connectivity index (χ0) is 24.7. The molecule has 0 aromatic heterocycles. The summed E-state index contributed by atoms with van der Waals surface area (Å²) in [7, 11) is 0. The second-order valence-corrected chi connectivity index (χ2v) is 9.99. The summed E-state index contributed by atoms with van der Waals surface area (Å²) in [6, 6.07) is 14.3. The Balaban J connectivity index is 1.27. The summed E-state index contributed by atoms with van der Waals surface area (Å²) in [5.41, 5.74) is 2.37. The van der Waals surface area contributed by atoms with E-state index in [-0.39, 0.29) is 48.3 Å². The van der Waals surface area contributed by atoms with Gasteiger partial charge in [-0.25, -0.2) is 4.90 Å². The molecule has 0 unspecified atom stereocenters. The molecule has 5 rings (SSSR count). The van der Waals surface area contributed by atoms with Crippen LogP contribution in [0.25, 0.3) is 0 Å². The Bertz CT molecular complexity index is 1170. The SMILES string of the molecule is CCc1ccc(N2C[C@H](C(=O)Oc3cccc(N4C(=O)[C@@H]5CC[C@@H](C)C[C@H]5C4=O)c3)CC2=O)cc1. The molecule has 0 radical (unpaired) electrons. The fourth-order valence-electron chi connectivity index (χ4n) is 5.56. The number of fused-ring (bicyclic) bond motifs is 1. The second kappa shape index (κ2) is 9.29. The van der Waals surface area contributed by atoms with Crippen LogP contribution in [0.3, 0.4) is 0 Å². The highest BCUT2D eigenvalue weighted by atomic mass is 16.5. The van der Waals surface area contributed by atoms with Crippen molar-refractivity contribution in [1.29, 1.82) is 0 Å². The molecule has 182 valence electrons. The summed E-state index contributed by atoms with van der Waals surface area (Å²) in [6.07, 6.45) is 3.41. The Kier molecular flexibility index (Phi) is 6.17. The highest BCUT2D eigenvalue weighted by molar-refractivity contribution is 6.22. The molecule has 0 spiro atoms. The number of carbonyl (C=O) groups excluding carboxylic acids is 4. The predicted molar refractivity (Wildman–Crippen MR) is 131 cm³/mol. The third-order valence-electron chi connectivity index (χ3n) is 7.60. The number of aryl methyl sites for hydroxylation is 1. The molecule has 7 nitrogen and oxygen atoms in total. The minimum absolute atomic E-state index is 0.0820. The van der Waals surface area contributed by atoms with Crippen molar-refractivity contribution in [1.82, 2.24) is 0 Å². The highest BCUT2D eigenvalue weighted by Gasteiger charge is 2.50. The predicted octanol–water partition coefficient (Wildman–Crippen LogP) is 4.13. The summed E-state index contributed by atoms with van der Waals surface area (Å²) in [5, 5.41) is 0. The van der Waals surface area contributed by atoms with Crippen LogP contribution in [0, 0.1) is 23.7 Å². The van der Waals surface area contributed by atoms with Crippen molar-refractivity contribution >= 4 is 35.1 Å². The fraction of sp³-hybridized carbons (Fsp3) is 0.429. The van der Waals surface area contributed by atoms with Gasteiger partial charge in [0.05, 0.1) is 23.4 Å². The Morgan fingerprint density at radius 1 is 0.971 bits per heavy atom. The number of nitrogens with zero attached hydrogens (tertiary/aromatic N) is 2. The van der Waals surface area contributed by atoms with Gasteiger partial charge in [0.25, 0.3) is 0 Å². The van der Waals surface area contributed by atoms with E-state index in [1.54, 1.807) is 29.2 Å². The number of ether oxygens (including phenoxy) is 1. The molecule has 1 aliphatic carbocycles. The van der Waals surface area contributed by atoms with Gasteiger partial charge in [-0.3, -0.25) is 19.2 Å². The lowest BCUT2D eigenvalue weighted by molar-refractivity contribution is -0.139. The second-order valence-electron chi connectivity index (χ2n) is 9.99. The van der Waals surface area contributed by atoms with Gasteiger partial charge in [0, 0.05) is 24.7 Å². The Morgan fingerprint density at radius 3 is 2.46 bits per heavy atom. The van der Waals surface area contributed by atoms with Crippen molar-refractivity contribution in [2.24, 2.45) is 23.7 Å². The topological polar surface area (TPSA) is 84.0 Å². The van der Waals surface area contributed by atoms with Gasteiger partial charge in [-0.1, -0.05) is 32.0 Å². The van der Waals surface area contributed by atoms with E-state index < -0.39 is 11.9 Å². The number of benzene rings is 2. The van der Waals surface area contributed by atoms with E-state index in [0.717, 1.165) is 31.4 Å². The van der Waals surface area contributed by atoms with Gasteiger partial charge < -0.3 is 9.64 Å². The van der Waals surface area contributed by atoms with Crippen molar-refractivity contribution in [2.75, 3.05) is 16.3 Å². The van der Waals surface area contributed by atoms with Gasteiger partial charge in [-0.15, -0.1) is 0 Å². The van der Waals surface area contributed by atoms with Crippen molar-refractivity contribution < 1.29 is 23.9 Å². The monoisotopic (exact) mass is 474 g/mol. The number of carbonyl (C=O) groups is 4. The molecule has 2 aliphatic heterocycles. The first kappa shape index (κ1) is 23.3. The average molecular weight is 475 g/mol. The van der Waals surface area contributed by atoms with Crippen LogP contribution in [-0.4, -0.2) is 30.2 Å². The largest absolute Gasteiger partial charge is 0.426 e. The third kappa shape index (κ3) is 4.35. The van der Waals surface area contributed by atoms with Crippen LogP contribution >= 0.6 is 0 Å². The molecule has 2 aromatic rings. The zero-order valence-electron chi connectivity index (χ0n) is 20.1. The molecule has 2 aromatic carbocycles. The number of anilines is 2. The minimum atomic E-state index is -0.587. The highest BCUT2D eigenvalue weighted by Crippen LogP contribution is 2.42. The van der Waals surface area contributed by atoms with E-state index in [4.69, 9.17) is 4.74 Å². The average Bonchev–Trinajstić information content (AvgIpc) is 3.36. The van der Waals surface area contributed by atoms with E-state index in [9.17, 15) is 19.2 Å². The Morgan fingerprint density at radius 2 is 1.71 bits per heavy atom. The van der Waals surface area contributed by atoms with Gasteiger partial charge >= 0.3 is 5.97 Å². The molecule has 7 heteroatoms. The number of amides is 3. The molecule has 3 amide bonds. The van der Waals surface area contributed by atoms with Gasteiger partial charge in [0.15, 0.2) is 0 Å². The molecule has 0 N–H and O–H groups in total. The summed E-state index contributed by atoms with van der Waals surface area (Å²) in [6.45, 7) is 4.44. The Hall–Kier alpha value is -3.48. The number of imide groups is 1. The lowest BCUT2D eigenvalue weighted by atomic mass is 9.76. The molecular weight excluding hydrogens is 444 g/mol. The van der Waals surface area contributed by atoms with Gasteiger partial charge in [0.1, 0.15) is 5.75 Å². The number of hydrogen-bond donors (Lipinski definition) is 0. The standard InChI is InChI=1S/C28H30N2O5/c1-3-18-8-10-20(11-9-18)29-16-19(14-25(29)31)28(34)35-22-6-4-5-21(15-22)30-26(32)23-12-7-17(2)13-24(23)27(30)33/h4-6,8-11,15,17,19,23-24H,3,7,12-14,16H2,1-2H3/t17-,19-,23-,24-/m1/s1. The quantitative estimate of drug-likeness (QED) is 0.370. The van der Waals surface area contributed by atoms with Crippen LogP contribution in [-0.2, 0) is 25.6 Å². The number of esters is 1. The number of rotatable bonds is 5. The van der Waals surface area contributed by atoms with E-state index in [0.29, 0.717) is 11.6 Å². The molecule has 2 saturated heterocycles. The molecule has 2 heterocycles. The van der Waals surface area contributed by atoms with Crippen molar-refractivity contribution in [2.45, 2.75) is 46.0 Å². The van der Waals surface area contributed by atoms with Gasteiger partial charge in [0.2, 0.25) is 17.7 Å². The van der Waals surface area contributed by atoms with E-state index >= 15 is 0 Å². The maximum absolute atomic E-state index is 13.0. The van der Waals surface area contributed by atoms with Crippen molar-refractivity contribution in [3.8, 4) is 5.75 Å². The number of hydrogen-bond acceptors (Lipinski definition) is 5. The third-order valence-corrected chi connectivity index (χ3v) is 7.60. The first-order valence-electron chi connectivity index (χ1n) is 12.4. The first-order chi connectivity index (χ1) is 16.9. The van der Waals surface area contributed by atoms with Crippen LogP contribution < -0.4 is 14.5 Å². The molecule has 35 heavy (non-hydrogen) atoms. The molecule has 4 atom stereocenters. The summed E-state index contributed by atoms with van der Waals surface area (Å²) >= 11 is 0. The van der Waals surface area contributed by atoms with Crippen LogP contribution in [0.15, 0.2) is 48.5 Å². The van der Waals surface area contributed by atoms with Crippen LogP contribution in [0.5, 0.6) is 5.75 Å². The minimum Gasteiger partial charge on any atom is -0.426 e. The summed E-state index contributed by atoms with van der Waals surface area (Å²) < 4.78 is 5.61. The van der Waals surface area contributed by atoms with Crippen LogP contribution in [0.4, 0.5) is 11.4 Å². The van der Waals surface area contributed by atoms with E-state index in [1.807, 2.05) is 24.3 Å². The molecule has 3 fully saturated rings. The molecule has 1 saturated carbocycles. The molecule has 3 aliphatic rings.